The smallest absolute Gasteiger partial charge is 0.251 e. The van der Waals surface area contributed by atoms with E-state index < -0.39 is 0 Å². The molecule has 19 heavy (non-hydrogen) atoms. The molecule has 0 saturated carbocycles. The molecule has 1 heterocycles. The van der Waals surface area contributed by atoms with Crippen molar-refractivity contribution >= 4 is 17.2 Å². The van der Waals surface area contributed by atoms with Gasteiger partial charge in [0.2, 0.25) is 0 Å². The van der Waals surface area contributed by atoms with Gasteiger partial charge in [-0.05, 0) is 46.5 Å². The van der Waals surface area contributed by atoms with Crippen molar-refractivity contribution in [3.8, 4) is 11.5 Å². The lowest BCUT2D eigenvalue weighted by Gasteiger charge is -2.11. The number of nitrogens with one attached hydrogen (secondary N) is 1. The van der Waals surface area contributed by atoms with E-state index in [0.717, 1.165) is 0 Å². The Kier molecular flexibility index (Phi) is 4.06. The second kappa shape index (κ2) is 5.75. The Bertz CT molecular complexity index is 566. The van der Waals surface area contributed by atoms with Gasteiger partial charge in [-0.25, -0.2) is 0 Å². The fraction of sp³-hybridized carbons (Fsp3) is 0.214. The van der Waals surface area contributed by atoms with Crippen molar-refractivity contribution in [3.05, 3.63) is 46.2 Å². The number of thiophene rings is 1. The first kappa shape index (κ1) is 13.4. The van der Waals surface area contributed by atoms with Crippen molar-refractivity contribution in [3.63, 3.8) is 0 Å². The molecule has 0 radical (unpaired) electrons. The molecular formula is C14H15NO3S. The Balaban J connectivity index is 1.96. The molecule has 0 bridgehead atoms. The number of rotatable bonds is 4. The van der Waals surface area contributed by atoms with Crippen LogP contribution in [0.4, 0.5) is 0 Å². The number of phenols is 2. The normalized spacial score (nSPS) is 12.1. The average molecular weight is 277 g/mol. The number of hydrogen-bond acceptors (Lipinski definition) is 4. The van der Waals surface area contributed by atoms with Crippen LogP contribution in [-0.2, 0) is 0 Å². The van der Waals surface area contributed by atoms with Crippen molar-refractivity contribution in [2.45, 2.75) is 12.8 Å². The Labute approximate surface area is 115 Å². The van der Waals surface area contributed by atoms with Crippen LogP contribution in [0, 0.1) is 0 Å². The van der Waals surface area contributed by atoms with Crippen LogP contribution in [0.3, 0.4) is 0 Å². The summed E-state index contributed by atoms with van der Waals surface area (Å²) in [5.74, 6) is -0.556. The predicted octanol–water partition coefficient (Wildman–Crippen LogP) is 2.69. The Hall–Kier alpha value is -2.01. The first-order valence-corrected chi connectivity index (χ1v) is 6.84. The van der Waals surface area contributed by atoms with Gasteiger partial charge in [-0.1, -0.05) is 6.92 Å². The number of amides is 1. The van der Waals surface area contributed by atoms with Gasteiger partial charge in [0.1, 0.15) is 0 Å². The van der Waals surface area contributed by atoms with Gasteiger partial charge in [-0.2, -0.15) is 11.3 Å². The van der Waals surface area contributed by atoms with E-state index in [1.807, 2.05) is 18.4 Å². The van der Waals surface area contributed by atoms with Gasteiger partial charge >= 0.3 is 0 Å². The summed E-state index contributed by atoms with van der Waals surface area (Å²) >= 11 is 1.63. The van der Waals surface area contributed by atoms with E-state index in [9.17, 15) is 15.0 Å². The van der Waals surface area contributed by atoms with Crippen molar-refractivity contribution in [1.29, 1.82) is 0 Å². The van der Waals surface area contributed by atoms with Crippen molar-refractivity contribution < 1.29 is 15.0 Å². The number of carbonyl (C=O) groups excluding carboxylic acids is 1. The summed E-state index contributed by atoms with van der Waals surface area (Å²) in [5.41, 5.74) is 1.52. The molecule has 0 aliphatic rings. The molecule has 0 unspecified atom stereocenters. The molecule has 4 nitrogen and oxygen atoms in total. The van der Waals surface area contributed by atoms with Gasteiger partial charge in [0, 0.05) is 12.1 Å². The summed E-state index contributed by atoms with van der Waals surface area (Å²) < 4.78 is 0. The zero-order chi connectivity index (χ0) is 13.8. The molecule has 2 rings (SSSR count). The SMILES string of the molecule is C[C@H](CNC(=O)c1ccc(O)c(O)c1)c1ccsc1. The summed E-state index contributed by atoms with van der Waals surface area (Å²) in [6, 6.07) is 6.06. The number of aromatic hydroxyl groups is 2. The highest BCUT2D eigenvalue weighted by Crippen LogP contribution is 2.25. The van der Waals surface area contributed by atoms with Crippen LogP contribution < -0.4 is 5.32 Å². The Morgan fingerprint density at radius 1 is 1.32 bits per heavy atom. The van der Waals surface area contributed by atoms with E-state index >= 15 is 0 Å². The van der Waals surface area contributed by atoms with Crippen LogP contribution in [0.2, 0.25) is 0 Å². The summed E-state index contributed by atoms with van der Waals surface area (Å²) in [6.45, 7) is 2.56. The predicted molar refractivity (Wildman–Crippen MR) is 74.8 cm³/mol. The molecule has 0 saturated heterocycles. The van der Waals surface area contributed by atoms with E-state index in [1.165, 1.54) is 23.8 Å². The molecule has 100 valence electrons. The summed E-state index contributed by atoms with van der Waals surface area (Å²) in [4.78, 5) is 11.9. The quantitative estimate of drug-likeness (QED) is 0.753. The van der Waals surface area contributed by atoms with Crippen LogP contribution in [0.1, 0.15) is 28.8 Å². The first-order chi connectivity index (χ1) is 9.08. The third kappa shape index (κ3) is 3.26. The van der Waals surface area contributed by atoms with Crippen LogP contribution in [0.25, 0.3) is 0 Å². The molecule has 0 aliphatic carbocycles. The lowest BCUT2D eigenvalue weighted by molar-refractivity contribution is 0.0951. The highest BCUT2D eigenvalue weighted by Gasteiger charge is 2.11. The molecule has 0 aliphatic heterocycles. The third-order valence-electron chi connectivity index (χ3n) is 2.92. The number of benzene rings is 1. The van der Waals surface area contributed by atoms with Gasteiger partial charge in [-0.3, -0.25) is 4.79 Å². The third-order valence-corrected chi connectivity index (χ3v) is 3.62. The maximum absolute atomic E-state index is 11.9. The van der Waals surface area contributed by atoms with E-state index in [1.54, 1.807) is 11.3 Å². The van der Waals surface area contributed by atoms with Gasteiger partial charge < -0.3 is 15.5 Å². The minimum Gasteiger partial charge on any atom is -0.504 e. The Morgan fingerprint density at radius 2 is 2.11 bits per heavy atom. The molecule has 0 fully saturated rings. The van der Waals surface area contributed by atoms with Gasteiger partial charge in [0.25, 0.3) is 5.91 Å². The maximum Gasteiger partial charge on any atom is 0.251 e. The molecule has 1 atom stereocenters. The lowest BCUT2D eigenvalue weighted by Crippen LogP contribution is -2.27. The van der Waals surface area contributed by atoms with Crippen molar-refractivity contribution in [2.75, 3.05) is 6.54 Å². The molecule has 0 spiro atoms. The summed E-state index contributed by atoms with van der Waals surface area (Å²) in [5, 5.41) is 25.4. The van der Waals surface area contributed by atoms with E-state index in [4.69, 9.17) is 0 Å². The maximum atomic E-state index is 11.9. The fourth-order valence-corrected chi connectivity index (χ4v) is 2.47. The summed E-state index contributed by atoms with van der Waals surface area (Å²) in [7, 11) is 0. The number of phenolic OH excluding ortho intramolecular Hbond substituents is 2. The zero-order valence-corrected chi connectivity index (χ0v) is 11.3. The van der Waals surface area contributed by atoms with Crippen LogP contribution in [-0.4, -0.2) is 22.7 Å². The second-order valence-electron chi connectivity index (χ2n) is 4.37. The number of carbonyl (C=O) groups is 1. The van der Waals surface area contributed by atoms with Crippen LogP contribution >= 0.6 is 11.3 Å². The van der Waals surface area contributed by atoms with E-state index in [0.29, 0.717) is 12.1 Å². The standard InChI is InChI=1S/C14H15NO3S/c1-9(11-4-5-19-8-11)7-15-14(18)10-2-3-12(16)13(17)6-10/h2-6,8-9,16-17H,7H2,1H3,(H,15,18)/t9-/m1/s1. The Morgan fingerprint density at radius 3 is 2.74 bits per heavy atom. The zero-order valence-electron chi connectivity index (χ0n) is 10.5. The fourth-order valence-electron chi connectivity index (χ4n) is 1.69. The minimum absolute atomic E-state index is 0.233. The monoisotopic (exact) mass is 277 g/mol. The van der Waals surface area contributed by atoms with Gasteiger partial charge in [0.05, 0.1) is 0 Å². The van der Waals surface area contributed by atoms with Gasteiger partial charge in [-0.15, -0.1) is 0 Å². The van der Waals surface area contributed by atoms with Crippen LogP contribution in [0.5, 0.6) is 11.5 Å². The van der Waals surface area contributed by atoms with E-state index in [2.05, 4.69) is 10.7 Å². The molecule has 3 N–H and O–H groups in total. The van der Waals surface area contributed by atoms with Gasteiger partial charge in [0.15, 0.2) is 11.5 Å². The minimum atomic E-state index is -0.293. The highest BCUT2D eigenvalue weighted by molar-refractivity contribution is 7.07. The number of hydrogen-bond donors (Lipinski definition) is 3. The average Bonchev–Trinajstić information content (AvgIpc) is 2.92. The molecule has 1 aromatic heterocycles. The van der Waals surface area contributed by atoms with Crippen molar-refractivity contribution in [2.24, 2.45) is 0 Å². The lowest BCUT2D eigenvalue weighted by atomic mass is 10.1. The van der Waals surface area contributed by atoms with Crippen molar-refractivity contribution in [1.82, 2.24) is 5.32 Å². The molecule has 2 aromatic rings. The molecule has 1 amide bonds. The topological polar surface area (TPSA) is 69.6 Å². The molecule has 5 heteroatoms. The second-order valence-corrected chi connectivity index (χ2v) is 5.15. The molecular weight excluding hydrogens is 262 g/mol. The van der Waals surface area contributed by atoms with E-state index in [-0.39, 0.29) is 23.3 Å². The largest absolute Gasteiger partial charge is 0.504 e. The highest BCUT2D eigenvalue weighted by atomic mass is 32.1. The van der Waals surface area contributed by atoms with Crippen LogP contribution in [0.15, 0.2) is 35.0 Å². The molecule has 1 aromatic carbocycles. The summed E-state index contributed by atoms with van der Waals surface area (Å²) in [6.07, 6.45) is 0. The first-order valence-electron chi connectivity index (χ1n) is 5.90.